The van der Waals surface area contributed by atoms with Gasteiger partial charge in [-0.05, 0) is 40.8 Å². The van der Waals surface area contributed by atoms with Crippen molar-refractivity contribution in [1.29, 1.82) is 0 Å². The van der Waals surface area contributed by atoms with Crippen molar-refractivity contribution in [3.8, 4) is 5.69 Å². The molecule has 0 saturated carbocycles. The van der Waals surface area contributed by atoms with Crippen LogP contribution >= 0.6 is 0 Å². The number of hydrogen-bond donors (Lipinski definition) is 1. The summed E-state index contributed by atoms with van der Waals surface area (Å²) in [6, 6.07) is 5.44. The number of carbonyl (C=O) groups excluding carboxylic acids is 1. The molecule has 0 saturated heterocycles. The maximum atomic E-state index is 14.0. The summed E-state index contributed by atoms with van der Waals surface area (Å²) in [5.41, 5.74) is 3.40. The molecule has 8 nitrogen and oxygen atoms in total. The predicted molar refractivity (Wildman–Crippen MR) is 85.5 cm³/mol. The maximum absolute atomic E-state index is 14.0. The molecule has 134 valence electrons. The summed E-state index contributed by atoms with van der Waals surface area (Å²) < 4.78 is 42.1. The van der Waals surface area contributed by atoms with Crippen molar-refractivity contribution in [3.05, 3.63) is 64.3 Å². The van der Waals surface area contributed by atoms with Gasteiger partial charge in [0.1, 0.15) is 11.5 Å². The van der Waals surface area contributed by atoms with Gasteiger partial charge in [-0.1, -0.05) is 6.07 Å². The Balaban J connectivity index is 2.02. The zero-order valence-electron chi connectivity index (χ0n) is 13.2. The van der Waals surface area contributed by atoms with Crippen LogP contribution < -0.4 is 16.3 Å². The first-order chi connectivity index (χ1) is 12.3. The average molecular weight is 364 g/mol. The van der Waals surface area contributed by atoms with Gasteiger partial charge in [0.05, 0.1) is 5.69 Å². The number of amides is 1. The number of nitrogens with two attached hydrogens (primary N) is 1. The van der Waals surface area contributed by atoms with Gasteiger partial charge < -0.3 is 5.73 Å². The molecule has 26 heavy (non-hydrogen) atoms. The number of halogens is 3. The Labute approximate surface area is 143 Å². The summed E-state index contributed by atoms with van der Waals surface area (Å²) in [7, 11) is 1.19. The minimum Gasteiger partial charge on any atom is -0.399 e. The zero-order valence-corrected chi connectivity index (χ0v) is 13.2. The van der Waals surface area contributed by atoms with Gasteiger partial charge in [0.15, 0.2) is 11.6 Å². The quantitative estimate of drug-likeness (QED) is 0.549. The van der Waals surface area contributed by atoms with E-state index < -0.39 is 34.9 Å². The van der Waals surface area contributed by atoms with E-state index in [4.69, 9.17) is 5.73 Å². The van der Waals surface area contributed by atoms with Crippen LogP contribution in [0.5, 0.6) is 0 Å². The Kier molecular flexibility index (Phi) is 4.20. The van der Waals surface area contributed by atoms with Gasteiger partial charge in [0, 0.05) is 12.7 Å². The number of para-hydroxylation sites is 1. The number of nitrogens with zero attached hydrogens (tertiary/aromatic N) is 5. The molecule has 3 rings (SSSR count). The molecule has 0 aliphatic carbocycles. The number of rotatable bonds is 2. The second-order valence-electron chi connectivity index (χ2n) is 5.21. The Morgan fingerprint density at radius 3 is 2.35 bits per heavy atom. The molecule has 0 spiro atoms. The van der Waals surface area contributed by atoms with Crippen LogP contribution in [0, 0.1) is 17.5 Å². The van der Waals surface area contributed by atoms with Crippen molar-refractivity contribution in [2.24, 2.45) is 0 Å². The van der Waals surface area contributed by atoms with Gasteiger partial charge in [-0.15, -0.1) is 4.68 Å². The second kappa shape index (κ2) is 6.35. The molecule has 1 amide bonds. The molecule has 2 N–H and O–H groups in total. The minimum atomic E-state index is -1.22. The van der Waals surface area contributed by atoms with Crippen molar-refractivity contribution in [2.45, 2.75) is 0 Å². The first kappa shape index (κ1) is 17.2. The van der Waals surface area contributed by atoms with E-state index in [2.05, 4.69) is 10.4 Å². The van der Waals surface area contributed by atoms with Crippen molar-refractivity contribution in [2.75, 3.05) is 17.7 Å². The van der Waals surface area contributed by atoms with E-state index in [0.717, 1.165) is 29.2 Å². The Hall–Kier alpha value is -3.63. The molecule has 0 bridgehead atoms. The SMILES string of the molecule is CN(C(=O)n1nnn(-c2c(F)cccc2F)c1=O)c1ccc(N)cc1F. The van der Waals surface area contributed by atoms with Crippen molar-refractivity contribution in [3.63, 3.8) is 0 Å². The number of tetrazole rings is 1. The van der Waals surface area contributed by atoms with Crippen LogP contribution in [0.1, 0.15) is 0 Å². The highest BCUT2D eigenvalue weighted by atomic mass is 19.1. The first-order valence-electron chi connectivity index (χ1n) is 7.13. The highest BCUT2D eigenvalue weighted by Gasteiger charge is 2.24. The minimum absolute atomic E-state index is 0.144. The Morgan fingerprint density at radius 1 is 1.08 bits per heavy atom. The summed E-state index contributed by atoms with van der Waals surface area (Å²) in [6.45, 7) is 0. The molecule has 1 heterocycles. The Bertz CT molecular complexity index is 1040. The molecule has 1 aromatic heterocycles. The second-order valence-corrected chi connectivity index (χ2v) is 5.21. The van der Waals surface area contributed by atoms with E-state index in [9.17, 15) is 22.8 Å². The normalized spacial score (nSPS) is 10.8. The number of aromatic nitrogens is 4. The van der Waals surface area contributed by atoms with Crippen LogP contribution in [-0.2, 0) is 0 Å². The molecule has 0 fully saturated rings. The maximum Gasteiger partial charge on any atom is 0.377 e. The van der Waals surface area contributed by atoms with E-state index in [1.807, 2.05) is 0 Å². The summed E-state index contributed by atoms with van der Waals surface area (Å²) in [4.78, 5) is 25.5. The fourth-order valence-electron chi connectivity index (χ4n) is 2.24. The topological polar surface area (TPSA) is 99.0 Å². The molecular formula is C15H11F3N6O2. The predicted octanol–water partition coefficient (Wildman–Crippen LogP) is 1.53. The standard InChI is InChI=1S/C15H11F3N6O2/c1-22(12-6-5-8(19)7-11(12)18)14(25)24-15(26)23(20-21-24)13-9(16)3-2-4-10(13)17/h2-7H,19H2,1H3. The molecule has 2 aromatic carbocycles. The third-order valence-corrected chi connectivity index (χ3v) is 3.53. The summed E-state index contributed by atoms with van der Waals surface area (Å²) in [5, 5.41) is 6.63. The number of carbonyl (C=O) groups is 1. The summed E-state index contributed by atoms with van der Waals surface area (Å²) >= 11 is 0. The number of benzene rings is 2. The van der Waals surface area contributed by atoms with Gasteiger partial charge in [-0.3, -0.25) is 4.90 Å². The average Bonchev–Trinajstić information content (AvgIpc) is 2.95. The van der Waals surface area contributed by atoms with E-state index in [0.29, 0.717) is 4.68 Å². The zero-order chi connectivity index (χ0) is 19.0. The van der Waals surface area contributed by atoms with E-state index in [-0.39, 0.29) is 16.1 Å². The van der Waals surface area contributed by atoms with Gasteiger partial charge >= 0.3 is 11.7 Å². The molecule has 3 aromatic rings. The van der Waals surface area contributed by atoms with E-state index in [1.165, 1.54) is 19.2 Å². The molecule has 0 radical (unpaired) electrons. The van der Waals surface area contributed by atoms with E-state index in [1.54, 1.807) is 0 Å². The summed E-state index contributed by atoms with van der Waals surface area (Å²) in [6.07, 6.45) is 0. The number of nitrogen functional groups attached to an aromatic ring is 1. The molecule has 0 aliphatic rings. The van der Waals surface area contributed by atoms with Crippen LogP contribution in [-0.4, -0.2) is 32.9 Å². The lowest BCUT2D eigenvalue weighted by Crippen LogP contribution is -2.39. The van der Waals surface area contributed by atoms with Crippen molar-refractivity contribution in [1.82, 2.24) is 19.8 Å². The van der Waals surface area contributed by atoms with Gasteiger partial charge in [-0.25, -0.2) is 22.8 Å². The van der Waals surface area contributed by atoms with Gasteiger partial charge in [-0.2, -0.15) is 4.68 Å². The highest BCUT2D eigenvalue weighted by Crippen LogP contribution is 2.21. The van der Waals surface area contributed by atoms with Gasteiger partial charge in [0.25, 0.3) is 0 Å². The molecule has 0 atom stereocenters. The lowest BCUT2D eigenvalue weighted by atomic mass is 10.2. The fraction of sp³-hybridized carbons (Fsp3) is 0.0667. The molecular weight excluding hydrogens is 353 g/mol. The third-order valence-electron chi connectivity index (χ3n) is 3.53. The van der Waals surface area contributed by atoms with Crippen molar-refractivity contribution >= 4 is 17.4 Å². The molecule has 0 unspecified atom stereocenters. The lowest BCUT2D eigenvalue weighted by Gasteiger charge is -2.16. The first-order valence-corrected chi connectivity index (χ1v) is 7.13. The van der Waals surface area contributed by atoms with Crippen LogP contribution in [0.15, 0.2) is 41.2 Å². The third kappa shape index (κ3) is 2.79. The van der Waals surface area contributed by atoms with Crippen LogP contribution in [0.4, 0.5) is 29.3 Å². The monoisotopic (exact) mass is 364 g/mol. The number of anilines is 2. The van der Waals surface area contributed by atoms with E-state index >= 15 is 0 Å². The largest absolute Gasteiger partial charge is 0.399 e. The molecule has 11 heteroatoms. The van der Waals surface area contributed by atoms with Gasteiger partial charge in [0.2, 0.25) is 0 Å². The number of hydrogen-bond acceptors (Lipinski definition) is 5. The highest BCUT2D eigenvalue weighted by molar-refractivity contribution is 5.92. The van der Waals surface area contributed by atoms with Crippen LogP contribution in [0.3, 0.4) is 0 Å². The fourth-order valence-corrected chi connectivity index (χ4v) is 2.24. The van der Waals surface area contributed by atoms with Crippen LogP contribution in [0.2, 0.25) is 0 Å². The smallest absolute Gasteiger partial charge is 0.377 e. The molecule has 0 aliphatic heterocycles. The van der Waals surface area contributed by atoms with Crippen LogP contribution in [0.25, 0.3) is 5.69 Å². The Morgan fingerprint density at radius 2 is 1.73 bits per heavy atom. The van der Waals surface area contributed by atoms with Crippen molar-refractivity contribution < 1.29 is 18.0 Å². The summed E-state index contributed by atoms with van der Waals surface area (Å²) in [5.74, 6) is -2.93. The lowest BCUT2D eigenvalue weighted by molar-refractivity contribution is 0.244.